The van der Waals surface area contributed by atoms with Crippen LogP contribution in [-0.4, -0.2) is 40.1 Å². The van der Waals surface area contributed by atoms with Gasteiger partial charge >= 0.3 is 0 Å². The minimum Gasteiger partial charge on any atom is -0.363 e. The average Bonchev–Trinajstić information content (AvgIpc) is 2.36. The van der Waals surface area contributed by atoms with Gasteiger partial charge in [0.1, 0.15) is 0 Å². The lowest BCUT2D eigenvalue weighted by Gasteiger charge is -2.35. The van der Waals surface area contributed by atoms with E-state index >= 15 is 0 Å². The maximum atomic E-state index is 12.3. The minimum absolute atomic E-state index is 0.0240. The maximum absolute atomic E-state index is 12.3. The summed E-state index contributed by atoms with van der Waals surface area (Å²) >= 11 is 0. The van der Waals surface area contributed by atoms with Crippen LogP contribution < -0.4 is 10.9 Å². The molecule has 106 valence electrons. The van der Waals surface area contributed by atoms with Crippen LogP contribution in [0.4, 0.5) is 5.82 Å². The fourth-order valence-corrected chi connectivity index (χ4v) is 2.54. The molecule has 1 aliphatic rings. The second kappa shape index (κ2) is 5.74. The maximum Gasteiger partial charge on any atom is 0.293 e. The molecule has 1 fully saturated rings. The van der Waals surface area contributed by atoms with Gasteiger partial charge in [0.25, 0.3) is 5.56 Å². The third-order valence-electron chi connectivity index (χ3n) is 3.97. The molecule has 1 aliphatic heterocycles. The predicted octanol–water partition coefficient (Wildman–Crippen LogP) is 1.72. The molecule has 5 nitrogen and oxygen atoms in total. The van der Waals surface area contributed by atoms with Crippen LogP contribution in [0.25, 0.3) is 0 Å². The van der Waals surface area contributed by atoms with E-state index in [9.17, 15) is 4.79 Å². The largest absolute Gasteiger partial charge is 0.363 e. The summed E-state index contributed by atoms with van der Waals surface area (Å²) in [5.41, 5.74) is -0.0240. The van der Waals surface area contributed by atoms with E-state index in [1.807, 2.05) is 13.8 Å². The van der Waals surface area contributed by atoms with Crippen LogP contribution >= 0.6 is 0 Å². The molecule has 1 N–H and O–H groups in total. The van der Waals surface area contributed by atoms with Gasteiger partial charge in [-0.2, -0.15) is 0 Å². The molecule has 0 radical (unpaired) electrons. The van der Waals surface area contributed by atoms with Gasteiger partial charge < -0.3 is 14.8 Å². The lowest BCUT2D eigenvalue weighted by molar-refractivity contribution is 0.190. The zero-order valence-corrected chi connectivity index (χ0v) is 12.3. The Morgan fingerprint density at radius 2 is 2.21 bits per heavy atom. The van der Waals surface area contributed by atoms with Gasteiger partial charge in [-0.1, -0.05) is 0 Å². The molecule has 19 heavy (non-hydrogen) atoms. The lowest BCUT2D eigenvalue weighted by Crippen LogP contribution is -2.43. The molecule has 0 bridgehead atoms. The van der Waals surface area contributed by atoms with E-state index in [4.69, 9.17) is 0 Å². The number of nitrogens with one attached hydrogen (secondary N) is 1. The van der Waals surface area contributed by atoms with E-state index in [2.05, 4.69) is 29.2 Å². The summed E-state index contributed by atoms with van der Waals surface area (Å²) in [5.74, 6) is 0.484. The number of piperidine rings is 1. The van der Waals surface area contributed by atoms with Crippen LogP contribution in [0.2, 0.25) is 0 Å². The smallest absolute Gasteiger partial charge is 0.293 e. The van der Waals surface area contributed by atoms with Crippen LogP contribution in [0, 0.1) is 0 Å². The number of hydrogen-bond acceptors (Lipinski definition) is 4. The van der Waals surface area contributed by atoms with Crippen LogP contribution in [0.3, 0.4) is 0 Å². The summed E-state index contributed by atoms with van der Waals surface area (Å²) in [6.07, 6.45) is 5.55. The Kier molecular flexibility index (Phi) is 4.24. The van der Waals surface area contributed by atoms with Crippen molar-refractivity contribution in [3.05, 3.63) is 22.7 Å². The summed E-state index contributed by atoms with van der Waals surface area (Å²) in [6, 6.07) is 1.05. The van der Waals surface area contributed by atoms with Crippen molar-refractivity contribution >= 4 is 5.82 Å². The van der Waals surface area contributed by atoms with Gasteiger partial charge in [0.2, 0.25) is 0 Å². The van der Waals surface area contributed by atoms with Gasteiger partial charge in [0, 0.05) is 37.1 Å². The van der Waals surface area contributed by atoms with E-state index in [1.165, 1.54) is 0 Å². The summed E-state index contributed by atoms with van der Waals surface area (Å²) in [6.45, 7) is 7.29. The van der Waals surface area contributed by atoms with Crippen molar-refractivity contribution in [3.63, 3.8) is 0 Å². The van der Waals surface area contributed by atoms with Crippen molar-refractivity contribution in [3.8, 4) is 0 Å². The Balaban J connectivity index is 2.12. The normalized spacial score (nSPS) is 24.7. The first kappa shape index (κ1) is 14.1. The van der Waals surface area contributed by atoms with Gasteiger partial charge in [-0.3, -0.25) is 4.79 Å². The molecular formula is C14H24N4O. The highest BCUT2D eigenvalue weighted by Crippen LogP contribution is 2.17. The molecule has 2 atom stereocenters. The monoisotopic (exact) mass is 264 g/mol. The van der Waals surface area contributed by atoms with Gasteiger partial charge in [-0.15, -0.1) is 0 Å². The zero-order chi connectivity index (χ0) is 14.0. The summed E-state index contributed by atoms with van der Waals surface area (Å²) in [5, 5.41) is 3.32. The molecule has 2 unspecified atom stereocenters. The first-order chi connectivity index (χ1) is 8.99. The highest BCUT2D eigenvalue weighted by atomic mass is 16.1. The number of likely N-dealkylation sites (tertiary alicyclic amines) is 1. The molecule has 0 saturated carbocycles. The average molecular weight is 264 g/mol. The SMILES string of the molecule is CC1CC(Nc2nccn(C(C)C)c2=O)CCN1C. The number of aromatic nitrogens is 2. The first-order valence-electron chi connectivity index (χ1n) is 7.03. The highest BCUT2D eigenvalue weighted by molar-refractivity contribution is 5.32. The predicted molar refractivity (Wildman–Crippen MR) is 77.6 cm³/mol. The molecule has 1 saturated heterocycles. The molecular weight excluding hydrogens is 240 g/mol. The molecule has 1 aromatic rings. The number of hydrogen-bond donors (Lipinski definition) is 1. The number of rotatable bonds is 3. The Morgan fingerprint density at radius 3 is 2.84 bits per heavy atom. The van der Waals surface area contributed by atoms with Crippen molar-refractivity contribution in [2.45, 2.75) is 51.7 Å². The van der Waals surface area contributed by atoms with E-state index in [-0.39, 0.29) is 11.6 Å². The van der Waals surface area contributed by atoms with Crippen molar-refractivity contribution in [2.24, 2.45) is 0 Å². The third-order valence-corrected chi connectivity index (χ3v) is 3.97. The van der Waals surface area contributed by atoms with Crippen molar-refractivity contribution in [1.29, 1.82) is 0 Å². The molecule has 0 aromatic carbocycles. The Morgan fingerprint density at radius 1 is 1.47 bits per heavy atom. The van der Waals surface area contributed by atoms with Gasteiger partial charge in [-0.05, 0) is 40.7 Å². The van der Waals surface area contributed by atoms with E-state index in [0.717, 1.165) is 19.4 Å². The Labute approximate surface area is 114 Å². The molecule has 2 heterocycles. The highest BCUT2D eigenvalue weighted by Gasteiger charge is 2.23. The van der Waals surface area contributed by atoms with E-state index in [1.54, 1.807) is 17.0 Å². The molecule has 1 aromatic heterocycles. The fourth-order valence-electron chi connectivity index (χ4n) is 2.54. The minimum atomic E-state index is -0.0240. The quantitative estimate of drug-likeness (QED) is 0.903. The van der Waals surface area contributed by atoms with E-state index < -0.39 is 0 Å². The van der Waals surface area contributed by atoms with Crippen molar-refractivity contribution in [1.82, 2.24) is 14.5 Å². The van der Waals surface area contributed by atoms with Crippen LogP contribution in [0.15, 0.2) is 17.2 Å². The zero-order valence-electron chi connectivity index (χ0n) is 12.3. The van der Waals surface area contributed by atoms with Crippen LogP contribution in [0.5, 0.6) is 0 Å². The van der Waals surface area contributed by atoms with Gasteiger partial charge in [0.15, 0.2) is 5.82 Å². The lowest BCUT2D eigenvalue weighted by atomic mass is 9.99. The molecule has 5 heteroatoms. The third kappa shape index (κ3) is 3.15. The second-order valence-electron chi connectivity index (χ2n) is 5.78. The van der Waals surface area contributed by atoms with Crippen LogP contribution in [-0.2, 0) is 0 Å². The molecule has 0 amide bonds. The first-order valence-corrected chi connectivity index (χ1v) is 7.03. The van der Waals surface area contributed by atoms with Crippen molar-refractivity contribution in [2.75, 3.05) is 18.9 Å². The summed E-state index contributed by atoms with van der Waals surface area (Å²) in [4.78, 5) is 18.8. The number of anilines is 1. The Bertz CT molecular complexity index is 483. The topological polar surface area (TPSA) is 50.2 Å². The fraction of sp³-hybridized carbons (Fsp3) is 0.714. The van der Waals surface area contributed by atoms with Gasteiger partial charge in [-0.25, -0.2) is 4.98 Å². The van der Waals surface area contributed by atoms with E-state index in [0.29, 0.717) is 17.9 Å². The van der Waals surface area contributed by atoms with Crippen LogP contribution in [0.1, 0.15) is 39.7 Å². The Hall–Kier alpha value is -1.36. The molecule has 2 rings (SSSR count). The summed E-state index contributed by atoms with van der Waals surface area (Å²) in [7, 11) is 2.15. The summed E-state index contributed by atoms with van der Waals surface area (Å²) < 4.78 is 1.72. The second-order valence-corrected chi connectivity index (χ2v) is 5.78. The standard InChI is InChI=1S/C14H24N4O/c1-10(2)18-8-6-15-13(14(18)19)16-12-5-7-17(4)11(3)9-12/h6,8,10-12H,5,7,9H2,1-4H3,(H,15,16). The van der Waals surface area contributed by atoms with Gasteiger partial charge in [0.05, 0.1) is 0 Å². The number of nitrogens with zero attached hydrogens (tertiary/aromatic N) is 3. The molecule has 0 aliphatic carbocycles. The molecule has 0 spiro atoms. The van der Waals surface area contributed by atoms with Crippen molar-refractivity contribution < 1.29 is 0 Å².